The fourth-order valence-corrected chi connectivity index (χ4v) is 2.48. The first-order chi connectivity index (χ1) is 10.7. The Labute approximate surface area is 127 Å². The van der Waals surface area contributed by atoms with E-state index >= 15 is 0 Å². The van der Waals surface area contributed by atoms with Crippen molar-refractivity contribution in [1.82, 2.24) is 10.2 Å². The highest BCUT2D eigenvalue weighted by Gasteiger charge is 2.16. The van der Waals surface area contributed by atoms with Crippen LogP contribution >= 0.6 is 0 Å². The van der Waals surface area contributed by atoms with Gasteiger partial charge in [0.1, 0.15) is 11.4 Å². The molecule has 114 valence electrons. The number of benzene rings is 1. The molecule has 1 aromatic carbocycles. The van der Waals surface area contributed by atoms with Gasteiger partial charge in [-0.05, 0) is 56.0 Å². The second-order valence-electron chi connectivity index (χ2n) is 5.31. The van der Waals surface area contributed by atoms with E-state index in [2.05, 4.69) is 15.5 Å². The summed E-state index contributed by atoms with van der Waals surface area (Å²) in [5.74, 6) is 0.438. The average Bonchev–Trinajstić information content (AvgIpc) is 3.03. The van der Waals surface area contributed by atoms with Crippen molar-refractivity contribution in [2.75, 3.05) is 5.32 Å². The summed E-state index contributed by atoms with van der Waals surface area (Å²) >= 11 is 0. The van der Waals surface area contributed by atoms with Gasteiger partial charge in [0.05, 0.1) is 6.10 Å². The smallest absolute Gasteiger partial charge is 0.276 e. The van der Waals surface area contributed by atoms with Gasteiger partial charge in [-0.2, -0.15) is 5.10 Å². The summed E-state index contributed by atoms with van der Waals surface area (Å²) in [4.78, 5) is 22.9. The van der Waals surface area contributed by atoms with Crippen molar-refractivity contribution in [3.8, 4) is 5.75 Å². The molecule has 2 aromatic rings. The largest absolute Gasteiger partial charge is 0.490 e. The molecule has 1 fully saturated rings. The SMILES string of the molecule is O=C(Nc1ccc(OC2CCCC2)cc1)c1ccc(=O)[nH]n1. The van der Waals surface area contributed by atoms with Crippen molar-refractivity contribution in [3.05, 3.63) is 52.4 Å². The first-order valence-electron chi connectivity index (χ1n) is 7.34. The predicted molar refractivity (Wildman–Crippen MR) is 82.1 cm³/mol. The van der Waals surface area contributed by atoms with Crippen LogP contribution in [0.25, 0.3) is 0 Å². The van der Waals surface area contributed by atoms with Crippen LogP contribution in [0, 0.1) is 0 Å². The average molecular weight is 299 g/mol. The third-order valence-corrected chi connectivity index (χ3v) is 3.63. The number of hydrogen-bond acceptors (Lipinski definition) is 4. The molecule has 2 N–H and O–H groups in total. The summed E-state index contributed by atoms with van der Waals surface area (Å²) in [7, 11) is 0. The number of aromatic nitrogens is 2. The van der Waals surface area contributed by atoms with E-state index < -0.39 is 0 Å². The highest BCUT2D eigenvalue weighted by atomic mass is 16.5. The Morgan fingerprint density at radius 1 is 1.14 bits per heavy atom. The fourth-order valence-electron chi connectivity index (χ4n) is 2.48. The van der Waals surface area contributed by atoms with E-state index in [4.69, 9.17) is 4.74 Å². The van der Waals surface area contributed by atoms with Crippen molar-refractivity contribution >= 4 is 11.6 Å². The number of aromatic amines is 1. The van der Waals surface area contributed by atoms with Crippen LogP contribution in [0.4, 0.5) is 5.69 Å². The van der Waals surface area contributed by atoms with Crippen molar-refractivity contribution in [3.63, 3.8) is 0 Å². The summed E-state index contributed by atoms with van der Waals surface area (Å²) in [5, 5.41) is 8.64. The summed E-state index contributed by atoms with van der Waals surface area (Å²) in [6.07, 6.45) is 4.98. The molecule has 1 amide bonds. The van der Waals surface area contributed by atoms with Crippen molar-refractivity contribution in [2.45, 2.75) is 31.8 Å². The fraction of sp³-hybridized carbons (Fsp3) is 0.312. The molecule has 1 saturated carbocycles. The lowest BCUT2D eigenvalue weighted by molar-refractivity contribution is 0.102. The molecule has 22 heavy (non-hydrogen) atoms. The number of carbonyl (C=O) groups excluding carboxylic acids is 1. The van der Waals surface area contributed by atoms with Gasteiger partial charge in [-0.15, -0.1) is 0 Å². The van der Waals surface area contributed by atoms with E-state index in [0.717, 1.165) is 18.6 Å². The molecule has 0 bridgehead atoms. The molecular weight excluding hydrogens is 282 g/mol. The number of nitrogens with zero attached hydrogens (tertiary/aromatic N) is 1. The van der Waals surface area contributed by atoms with E-state index in [1.165, 1.54) is 25.0 Å². The normalized spacial score (nSPS) is 14.7. The number of anilines is 1. The maximum atomic E-state index is 12.0. The summed E-state index contributed by atoms with van der Waals surface area (Å²) in [6.45, 7) is 0. The molecule has 0 unspecified atom stereocenters. The van der Waals surface area contributed by atoms with Crippen LogP contribution in [-0.4, -0.2) is 22.2 Å². The molecule has 0 saturated heterocycles. The van der Waals surface area contributed by atoms with Gasteiger partial charge in [-0.1, -0.05) is 0 Å². The maximum absolute atomic E-state index is 12.0. The molecule has 1 heterocycles. The predicted octanol–water partition coefficient (Wildman–Crippen LogP) is 2.34. The Morgan fingerprint density at radius 3 is 2.50 bits per heavy atom. The Balaban J connectivity index is 1.61. The molecule has 3 rings (SSSR count). The molecule has 1 aliphatic carbocycles. The van der Waals surface area contributed by atoms with E-state index in [9.17, 15) is 9.59 Å². The van der Waals surface area contributed by atoms with Gasteiger partial charge in [0.2, 0.25) is 0 Å². The molecule has 1 aliphatic rings. The minimum Gasteiger partial charge on any atom is -0.490 e. The second-order valence-corrected chi connectivity index (χ2v) is 5.31. The number of carbonyl (C=O) groups is 1. The van der Waals surface area contributed by atoms with Crippen LogP contribution in [-0.2, 0) is 0 Å². The van der Waals surface area contributed by atoms with E-state index in [1.54, 1.807) is 12.1 Å². The van der Waals surface area contributed by atoms with Gasteiger partial charge in [-0.25, -0.2) is 5.10 Å². The monoisotopic (exact) mass is 299 g/mol. The number of hydrogen-bond donors (Lipinski definition) is 2. The minimum atomic E-state index is -0.374. The molecular formula is C16H17N3O3. The zero-order valence-electron chi connectivity index (χ0n) is 12.0. The lowest BCUT2D eigenvalue weighted by atomic mass is 10.2. The van der Waals surface area contributed by atoms with Gasteiger partial charge < -0.3 is 10.1 Å². The Hall–Kier alpha value is -2.63. The van der Waals surface area contributed by atoms with Gasteiger partial charge in [-0.3, -0.25) is 9.59 Å². The van der Waals surface area contributed by atoms with Crippen LogP contribution in [0.5, 0.6) is 5.75 Å². The lowest BCUT2D eigenvalue weighted by Gasteiger charge is -2.13. The number of amides is 1. The zero-order chi connectivity index (χ0) is 15.4. The zero-order valence-corrected chi connectivity index (χ0v) is 12.0. The highest BCUT2D eigenvalue weighted by Crippen LogP contribution is 2.25. The summed E-state index contributed by atoms with van der Waals surface area (Å²) in [6, 6.07) is 9.90. The third-order valence-electron chi connectivity index (χ3n) is 3.63. The van der Waals surface area contributed by atoms with Crippen LogP contribution < -0.4 is 15.6 Å². The van der Waals surface area contributed by atoms with Crippen LogP contribution in [0.1, 0.15) is 36.2 Å². The van der Waals surface area contributed by atoms with Crippen molar-refractivity contribution in [2.24, 2.45) is 0 Å². The van der Waals surface area contributed by atoms with Gasteiger partial charge in [0.25, 0.3) is 11.5 Å². The molecule has 0 radical (unpaired) electrons. The minimum absolute atomic E-state index is 0.158. The standard InChI is InChI=1S/C16H17N3O3/c20-15-10-9-14(18-19-15)16(21)17-11-5-7-13(8-6-11)22-12-3-1-2-4-12/h5-10,12H,1-4H2,(H,17,21)(H,19,20). The van der Waals surface area contributed by atoms with E-state index in [-0.39, 0.29) is 17.2 Å². The van der Waals surface area contributed by atoms with Crippen LogP contribution in [0.15, 0.2) is 41.2 Å². The molecule has 1 aromatic heterocycles. The number of nitrogens with one attached hydrogen (secondary N) is 2. The summed E-state index contributed by atoms with van der Waals surface area (Å²) < 4.78 is 5.87. The first kappa shape index (κ1) is 14.3. The Morgan fingerprint density at radius 2 is 1.86 bits per heavy atom. The van der Waals surface area contributed by atoms with E-state index in [1.807, 2.05) is 12.1 Å². The molecule has 6 nitrogen and oxygen atoms in total. The topological polar surface area (TPSA) is 84.1 Å². The number of ether oxygens (including phenoxy) is 1. The van der Waals surface area contributed by atoms with Crippen LogP contribution in [0.2, 0.25) is 0 Å². The summed E-state index contributed by atoms with van der Waals surface area (Å²) in [5.41, 5.74) is 0.465. The van der Waals surface area contributed by atoms with Crippen molar-refractivity contribution in [1.29, 1.82) is 0 Å². The Kier molecular flexibility index (Phi) is 4.18. The van der Waals surface area contributed by atoms with Gasteiger partial charge in [0.15, 0.2) is 0 Å². The number of H-pyrrole nitrogens is 1. The van der Waals surface area contributed by atoms with Crippen molar-refractivity contribution < 1.29 is 9.53 Å². The number of rotatable bonds is 4. The molecule has 6 heteroatoms. The molecule has 0 aliphatic heterocycles. The molecule has 0 atom stereocenters. The second kappa shape index (κ2) is 6.43. The highest BCUT2D eigenvalue weighted by molar-refractivity contribution is 6.02. The lowest BCUT2D eigenvalue weighted by Crippen LogP contribution is -2.17. The van der Waals surface area contributed by atoms with Crippen LogP contribution in [0.3, 0.4) is 0 Å². The first-order valence-corrected chi connectivity index (χ1v) is 7.34. The molecule has 0 spiro atoms. The quantitative estimate of drug-likeness (QED) is 0.907. The Bertz CT molecular complexity index is 683. The van der Waals surface area contributed by atoms with E-state index in [0.29, 0.717) is 11.8 Å². The maximum Gasteiger partial charge on any atom is 0.276 e. The van der Waals surface area contributed by atoms with Gasteiger partial charge in [0, 0.05) is 11.8 Å². The third kappa shape index (κ3) is 3.52. The van der Waals surface area contributed by atoms with Gasteiger partial charge >= 0.3 is 0 Å².